The number of rotatable bonds is 7. The van der Waals surface area contributed by atoms with Crippen LogP contribution in [0.3, 0.4) is 0 Å². The molecule has 1 atom stereocenters. The lowest BCUT2D eigenvalue weighted by atomic mass is 10.0. The molecular formula is C15H25F. The van der Waals surface area contributed by atoms with Gasteiger partial charge in [0.05, 0.1) is 0 Å². The molecule has 1 unspecified atom stereocenters. The van der Waals surface area contributed by atoms with Crippen LogP contribution in [0, 0.1) is 0 Å². The van der Waals surface area contributed by atoms with Crippen LogP contribution in [0.5, 0.6) is 0 Å². The zero-order valence-corrected chi connectivity index (χ0v) is 11.1. The molecule has 0 amide bonds. The molecule has 0 aliphatic carbocycles. The molecule has 0 radical (unpaired) electrons. The molecule has 0 fully saturated rings. The van der Waals surface area contributed by atoms with Gasteiger partial charge in [0.25, 0.3) is 0 Å². The minimum absolute atomic E-state index is 0.524. The summed E-state index contributed by atoms with van der Waals surface area (Å²) in [7, 11) is 0. The molecule has 0 saturated carbocycles. The molecule has 0 nitrogen and oxygen atoms in total. The van der Waals surface area contributed by atoms with Crippen molar-refractivity contribution in [1.29, 1.82) is 0 Å². The maximum absolute atomic E-state index is 13.5. The summed E-state index contributed by atoms with van der Waals surface area (Å²) in [6.07, 6.45) is 9.23. The van der Waals surface area contributed by atoms with Gasteiger partial charge >= 0.3 is 0 Å². The van der Waals surface area contributed by atoms with E-state index in [9.17, 15) is 4.39 Å². The summed E-state index contributed by atoms with van der Waals surface area (Å²) in [5, 5.41) is 0. The van der Waals surface area contributed by atoms with Crippen LogP contribution < -0.4 is 0 Å². The van der Waals surface area contributed by atoms with E-state index in [0.717, 1.165) is 19.3 Å². The van der Waals surface area contributed by atoms with E-state index < -0.39 is 5.67 Å². The summed E-state index contributed by atoms with van der Waals surface area (Å²) in [4.78, 5) is 0. The quantitative estimate of drug-likeness (QED) is 0.510. The van der Waals surface area contributed by atoms with Crippen LogP contribution >= 0.6 is 0 Å². The standard InChI is InChI=1S/C15H25F/c1-6-15(5,16)12-8-11-14(4)10-7-9-13(2)3/h6,9,11H,1,7-8,10,12H2,2-5H3/b14-11+. The van der Waals surface area contributed by atoms with E-state index in [1.165, 1.54) is 17.2 Å². The predicted octanol–water partition coefficient (Wildman–Crippen LogP) is 5.37. The van der Waals surface area contributed by atoms with Crippen molar-refractivity contribution >= 4 is 0 Å². The first-order valence-corrected chi connectivity index (χ1v) is 5.99. The van der Waals surface area contributed by atoms with Crippen molar-refractivity contribution in [3.05, 3.63) is 36.0 Å². The highest BCUT2D eigenvalue weighted by atomic mass is 19.1. The molecule has 1 heteroatoms. The van der Waals surface area contributed by atoms with Crippen LogP contribution in [0.25, 0.3) is 0 Å². The van der Waals surface area contributed by atoms with Gasteiger partial charge in [-0.3, -0.25) is 0 Å². The molecule has 0 aliphatic rings. The van der Waals surface area contributed by atoms with Crippen molar-refractivity contribution in [3.8, 4) is 0 Å². The zero-order valence-electron chi connectivity index (χ0n) is 11.1. The van der Waals surface area contributed by atoms with Crippen molar-refractivity contribution < 1.29 is 4.39 Å². The SMILES string of the molecule is C=CC(C)(F)CC/C=C(\C)CCC=C(C)C. The van der Waals surface area contributed by atoms with E-state index in [1.54, 1.807) is 6.92 Å². The van der Waals surface area contributed by atoms with Crippen LogP contribution in [-0.2, 0) is 0 Å². The molecule has 0 heterocycles. The monoisotopic (exact) mass is 224 g/mol. The third kappa shape index (κ3) is 8.46. The molecule has 0 spiro atoms. The van der Waals surface area contributed by atoms with Gasteiger partial charge in [0.15, 0.2) is 0 Å². The Balaban J connectivity index is 3.88. The summed E-state index contributed by atoms with van der Waals surface area (Å²) in [6.45, 7) is 11.4. The lowest BCUT2D eigenvalue weighted by Crippen LogP contribution is -2.12. The molecule has 0 aromatic carbocycles. The van der Waals surface area contributed by atoms with Gasteiger partial charge in [-0.25, -0.2) is 4.39 Å². The molecule has 0 rings (SSSR count). The highest BCUT2D eigenvalue weighted by Crippen LogP contribution is 2.19. The van der Waals surface area contributed by atoms with E-state index in [1.807, 2.05) is 0 Å². The number of allylic oxidation sites excluding steroid dienone is 5. The van der Waals surface area contributed by atoms with Crippen LogP contribution in [-0.4, -0.2) is 5.67 Å². The second-order valence-electron chi connectivity index (χ2n) is 4.89. The van der Waals surface area contributed by atoms with Gasteiger partial charge < -0.3 is 0 Å². The molecule has 16 heavy (non-hydrogen) atoms. The van der Waals surface area contributed by atoms with Gasteiger partial charge in [0.1, 0.15) is 5.67 Å². The van der Waals surface area contributed by atoms with Crippen molar-refractivity contribution in [2.45, 2.75) is 59.0 Å². The molecule has 0 aliphatic heterocycles. The predicted molar refractivity (Wildman–Crippen MR) is 71.4 cm³/mol. The van der Waals surface area contributed by atoms with Crippen LogP contribution in [0.1, 0.15) is 53.4 Å². The Labute approximate surface area is 99.9 Å². The summed E-state index contributed by atoms with van der Waals surface area (Å²) < 4.78 is 13.5. The first-order valence-electron chi connectivity index (χ1n) is 5.99. The minimum Gasteiger partial charge on any atom is -0.240 e. The lowest BCUT2D eigenvalue weighted by Gasteiger charge is -2.13. The summed E-state index contributed by atoms with van der Waals surface area (Å²) >= 11 is 0. The fourth-order valence-electron chi connectivity index (χ4n) is 1.39. The van der Waals surface area contributed by atoms with Crippen LogP contribution in [0.2, 0.25) is 0 Å². The zero-order chi connectivity index (χ0) is 12.6. The number of alkyl halides is 1. The summed E-state index contributed by atoms with van der Waals surface area (Å²) in [5.41, 5.74) is 1.48. The Morgan fingerprint density at radius 3 is 2.31 bits per heavy atom. The normalized spacial score (nSPS) is 15.4. The van der Waals surface area contributed by atoms with E-state index in [0.29, 0.717) is 6.42 Å². The fourth-order valence-corrected chi connectivity index (χ4v) is 1.39. The highest BCUT2D eigenvalue weighted by Gasteiger charge is 2.16. The largest absolute Gasteiger partial charge is 0.240 e. The third-order valence-electron chi connectivity index (χ3n) is 2.64. The Bertz CT molecular complexity index is 265. The van der Waals surface area contributed by atoms with E-state index >= 15 is 0 Å². The first kappa shape index (κ1) is 15.2. The number of hydrogen-bond acceptors (Lipinski definition) is 0. The maximum Gasteiger partial charge on any atom is 0.126 e. The summed E-state index contributed by atoms with van der Waals surface area (Å²) in [6, 6.07) is 0. The Morgan fingerprint density at radius 2 is 1.81 bits per heavy atom. The number of hydrogen-bond donors (Lipinski definition) is 0. The molecule has 0 aromatic heterocycles. The van der Waals surface area contributed by atoms with Gasteiger partial charge in [-0.05, 0) is 53.4 Å². The topological polar surface area (TPSA) is 0 Å². The lowest BCUT2D eigenvalue weighted by molar-refractivity contribution is 0.243. The Morgan fingerprint density at radius 1 is 1.19 bits per heavy atom. The molecule has 0 saturated heterocycles. The first-order chi connectivity index (χ1) is 7.37. The average molecular weight is 224 g/mol. The van der Waals surface area contributed by atoms with Crippen molar-refractivity contribution in [3.63, 3.8) is 0 Å². The van der Waals surface area contributed by atoms with Gasteiger partial charge in [0, 0.05) is 0 Å². The van der Waals surface area contributed by atoms with Gasteiger partial charge in [0.2, 0.25) is 0 Å². The van der Waals surface area contributed by atoms with E-state index in [4.69, 9.17) is 0 Å². The molecule has 0 aromatic rings. The summed E-state index contributed by atoms with van der Waals surface area (Å²) in [5.74, 6) is 0. The fraction of sp³-hybridized carbons (Fsp3) is 0.600. The van der Waals surface area contributed by atoms with Gasteiger partial charge in [-0.1, -0.05) is 36.0 Å². The minimum atomic E-state index is -1.23. The van der Waals surface area contributed by atoms with E-state index in [2.05, 4.69) is 39.5 Å². The second kappa shape index (κ2) is 7.43. The average Bonchev–Trinajstić information content (AvgIpc) is 2.17. The van der Waals surface area contributed by atoms with E-state index in [-0.39, 0.29) is 0 Å². The Kier molecular flexibility index (Phi) is 7.03. The highest BCUT2D eigenvalue weighted by molar-refractivity contribution is 5.03. The Hall–Kier alpha value is -0.850. The molecule has 0 bridgehead atoms. The molecular weight excluding hydrogens is 199 g/mol. The van der Waals surface area contributed by atoms with Crippen molar-refractivity contribution in [2.24, 2.45) is 0 Å². The molecule has 92 valence electrons. The van der Waals surface area contributed by atoms with Crippen molar-refractivity contribution in [1.82, 2.24) is 0 Å². The second-order valence-corrected chi connectivity index (χ2v) is 4.89. The van der Waals surface area contributed by atoms with Gasteiger partial charge in [-0.2, -0.15) is 0 Å². The van der Waals surface area contributed by atoms with Gasteiger partial charge in [-0.15, -0.1) is 0 Å². The maximum atomic E-state index is 13.5. The smallest absolute Gasteiger partial charge is 0.126 e. The van der Waals surface area contributed by atoms with Crippen molar-refractivity contribution in [2.75, 3.05) is 0 Å². The van der Waals surface area contributed by atoms with Crippen LogP contribution in [0.4, 0.5) is 4.39 Å². The number of halogens is 1. The molecule has 0 N–H and O–H groups in total. The van der Waals surface area contributed by atoms with Crippen LogP contribution in [0.15, 0.2) is 36.0 Å². The third-order valence-corrected chi connectivity index (χ3v) is 2.64.